The fraction of sp³-hybridized carbons (Fsp3) is 0.619. The number of piperidine rings is 1. The van der Waals surface area contributed by atoms with E-state index in [1.807, 2.05) is 20.8 Å². The van der Waals surface area contributed by atoms with Gasteiger partial charge in [-0.05, 0) is 57.9 Å². The molecule has 1 aliphatic rings. The molecule has 8 nitrogen and oxygen atoms in total. The summed E-state index contributed by atoms with van der Waals surface area (Å²) in [7, 11) is -3.55. The highest BCUT2D eigenvalue weighted by Crippen LogP contribution is 2.18. The van der Waals surface area contributed by atoms with Crippen LogP contribution in [0.15, 0.2) is 29.2 Å². The van der Waals surface area contributed by atoms with Crippen molar-refractivity contribution in [1.29, 1.82) is 0 Å². The number of sulfonamides is 1. The van der Waals surface area contributed by atoms with Gasteiger partial charge in [0.25, 0.3) is 5.91 Å². The molecular weight excluding hydrogens is 406 g/mol. The van der Waals surface area contributed by atoms with Crippen LogP contribution in [-0.2, 0) is 14.8 Å². The lowest BCUT2D eigenvalue weighted by molar-refractivity contribution is 0.0199. The van der Waals surface area contributed by atoms with E-state index >= 15 is 0 Å². The molecule has 9 heteroatoms. The average Bonchev–Trinajstić information content (AvgIpc) is 2.68. The van der Waals surface area contributed by atoms with Gasteiger partial charge in [0.2, 0.25) is 10.0 Å². The van der Waals surface area contributed by atoms with Gasteiger partial charge in [-0.3, -0.25) is 4.79 Å². The standard InChI is InChI=1S/C21H33N3O5S/c1-6-24(7-2)30(27,28)18-10-8-16(9-11-18)19(25)22-17-12-14-23(15-13-17)20(26)29-21(3,4)5/h8-11,17H,6-7,12-15H2,1-5H3,(H,22,25). The number of hydrogen-bond donors (Lipinski definition) is 1. The fourth-order valence-electron chi connectivity index (χ4n) is 3.29. The molecule has 1 heterocycles. The van der Waals surface area contributed by atoms with E-state index in [1.54, 1.807) is 18.7 Å². The second-order valence-corrected chi connectivity index (χ2v) is 10.3. The van der Waals surface area contributed by atoms with Crippen LogP contribution in [0.3, 0.4) is 0 Å². The van der Waals surface area contributed by atoms with Crippen LogP contribution >= 0.6 is 0 Å². The van der Waals surface area contributed by atoms with E-state index in [1.165, 1.54) is 28.6 Å². The highest BCUT2D eigenvalue weighted by Gasteiger charge is 2.28. The summed E-state index contributed by atoms with van der Waals surface area (Å²) in [6.45, 7) is 10.9. The van der Waals surface area contributed by atoms with Crippen molar-refractivity contribution in [3.63, 3.8) is 0 Å². The lowest BCUT2D eigenvalue weighted by Crippen LogP contribution is -2.47. The first-order valence-electron chi connectivity index (χ1n) is 10.4. The van der Waals surface area contributed by atoms with Crippen LogP contribution < -0.4 is 5.32 Å². The molecule has 1 aromatic carbocycles. The summed E-state index contributed by atoms with van der Waals surface area (Å²) in [5, 5.41) is 2.97. The number of hydrogen-bond acceptors (Lipinski definition) is 5. The SMILES string of the molecule is CCN(CC)S(=O)(=O)c1ccc(C(=O)NC2CCN(C(=O)OC(C)(C)C)CC2)cc1. The highest BCUT2D eigenvalue weighted by molar-refractivity contribution is 7.89. The molecule has 0 atom stereocenters. The Morgan fingerprint density at radius 2 is 1.63 bits per heavy atom. The Morgan fingerprint density at radius 3 is 2.10 bits per heavy atom. The van der Waals surface area contributed by atoms with Crippen molar-refractivity contribution in [2.45, 2.75) is 64.0 Å². The van der Waals surface area contributed by atoms with Gasteiger partial charge in [0.05, 0.1) is 4.90 Å². The van der Waals surface area contributed by atoms with E-state index < -0.39 is 15.6 Å². The van der Waals surface area contributed by atoms with E-state index in [0.717, 1.165) is 0 Å². The molecule has 2 rings (SSSR count). The van der Waals surface area contributed by atoms with Gasteiger partial charge >= 0.3 is 6.09 Å². The monoisotopic (exact) mass is 439 g/mol. The number of carbonyl (C=O) groups is 2. The molecule has 168 valence electrons. The number of likely N-dealkylation sites (tertiary alicyclic amines) is 1. The first-order valence-corrected chi connectivity index (χ1v) is 11.8. The van der Waals surface area contributed by atoms with Crippen LogP contribution in [0.25, 0.3) is 0 Å². The lowest BCUT2D eigenvalue weighted by Gasteiger charge is -2.33. The van der Waals surface area contributed by atoms with E-state index in [-0.39, 0.29) is 22.9 Å². The number of carbonyl (C=O) groups excluding carboxylic acids is 2. The third-order valence-electron chi connectivity index (χ3n) is 4.94. The zero-order valence-corrected chi connectivity index (χ0v) is 19.3. The van der Waals surface area contributed by atoms with Gasteiger partial charge in [-0.15, -0.1) is 0 Å². The molecular formula is C21H33N3O5S. The maximum Gasteiger partial charge on any atom is 0.410 e. The van der Waals surface area contributed by atoms with Crippen molar-refractivity contribution < 1.29 is 22.7 Å². The zero-order valence-electron chi connectivity index (χ0n) is 18.5. The number of ether oxygens (including phenoxy) is 1. The summed E-state index contributed by atoms with van der Waals surface area (Å²) in [5.74, 6) is -0.252. The predicted molar refractivity (Wildman–Crippen MR) is 115 cm³/mol. The van der Waals surface area contributed by atoms with E-state index in [2.05, 4.69) is 5.32 Å². The number of benzene rings is 1. The number of amides is 2. The van der Waals surface area contributed by atoms with Crippen LogP contribution in [0.4, 0.5) is 4.79 Å². The molecule has 1 aromatic rings. The normalized spacial score (nSPS) is 15.9. The highest BCUT2D eigenvalue weighted by atomic mass is 32.2. The minimum absolute atomic E-state index is 0.0460. The lowest BCUT2D eigenvalue weighted by atomic mass is 10.0. The Bertz CT molecular complexity index is 834. The van der Waals surface area contributed by atoms with Gasteiger partial charge in [-0.1, -0.05) is 13.8 Å². The topological polar surface area (TPSA) is 96.0 Å². The molecule has 0 radical (unpaired) electrons. The van der Waals surface area contributed by atoms with Crippen molar-refractivity contribution in [1.82, 2.24) is 14.5 Å². The number of nitrogens with zero attached hydrogens (tertiary/aromatic N) is 2. The molecule has 1 N–H and O–H groups in total. The largest absolute Gasteiger partial charge is 0.444 e. The van der Waals surface area contributed by atoms with Crippen molar-refractivity contribution in [2.24, 2.45) is 0 Å². The maximum absolute atomic E-state index is 12.5. The number of rotatable bonds is 6. The van der Waals surface area contributed by atoms with E-state index in [9.17, 15) is 18.0 Å². The Morgan fingerprint density at radius 1 is 1.10 bits per heavy atom. The zero-order chi connectivity index (χ0) is 22.5. The first kappa shape index (κ1) is 24.1. The second kappa shape index (κ2) is 9.78. The quantitative estimate of drug-likeness (QED) is 0.735. The van der Waals surface area contributed by atoms with Crippen molar-refractivity contribution in [2.75, 3.05) is 26.2 Å². The number of nitrogens with one attached hydrogen (secondary N) is 1. The molecule has 1 saturated heterocycles. The van der Waals surface area contributed by atoms with Crippen LogP contribution in [0.5, 0.6) is 0 Å². The summed E-state index contributed by atoms with van der Waals surface area (Å²) in [6, 6.07) is 5.94. The van der Waals surface area contributed by atoms with Gasteiger partial charge in [-0.2, -0.15) is 4.31 Å². The van der Waals surface area contributed by atoms with Crippen LogP contribution in [-0.4, -0.2) is 67.4 Å². The summed E-state index contributed by atoms with van der Waals surface area (Å²) in [6.07, 6.45) is 0.941. The molecule has 0 spiro atoms. The summed E-state index contributed by atoms with van der Waals surface area (Å²) < 4.78 is 31.9. The van der Waals surface area contributed by atoms with E-state index in [4.69, 9.17) is 4.74 Å². The molecule has 0 unspecified atom stereocenters. The first-order chi connectivity index (χ1) is 14.0. The fourth-order valence-corrected chi connectivity index (χ4v) is 4.75. The smallest absolute Gasteiger partial charge is 0.410 e. The molecule has 2 amide bonds. The van der Waals surface area contributed by atoms with Crippen LogP contribution in [0.1, 0.15) is 57.8 Å². The van der Waals surface area contributed by atoms with Gasteiger partial charge in [0.15, 0.2) is 0 Å². The maximum atomic E-state index is 12.5. The second-order valence-electron chi connectivity index (χ2n) is 8.33. The molecule has 0 saturated carbocycles. The Kier molecular flexibility index (Phi) is 7.87. The van der Waals surface area contributed by atoms with Gasteiger partial charge in [-0.25, -0.2) is 13.2 Å². The Hall–Kier alpha value is -2.13. The van der Waals surface area contributed by atoms with Gasteiger partial charge in [0.1, 0.15) is 5.60 Å². The summed E-state index contributed by atoms with van der Waals surface area (Å²) >= 11 is 0. The van der Waals surface area contributed by atoms with Gasteiger partial charge < -0.3 is 15.0 Å². The minimum Gasteiger partial charge on any atom is -0.444 e. The molecule has 0 aromatic heterocycles. The molecule has 1 fully saturated rings. The van der Waals surface area contributed by atoms with Gasteiger partial charge in [0, 0.05) is 37.8 Å². The van der Waals surface area contributed by atoms with Crippen molar-refractivity contribution in [3.8, 4) is 0 Å². The van der Waals surface area contributed by atoms with Crippen LogP contribution in [0, 0.1) is 0 Å². The minimum atomic E-state index is -3.55. The molecule has 30 heavy (non-hydrogen) atoms. The Balaban J connectivity index is 1.93. The molecule has 0 aliphatic carbocycles. The van der Waals surface area contributed by atoms with Crippen molar-refractivity contribution >= 4 is 22.0 Å². The summed E-state index contributed by atoms with van der Waals surface area (Å²) in [5.41, 5.74) is -0.129. The molecule has 1 aliphatic heterocycles. The Labute approximate surface area is 179 Å². The van der Waals surface area contributed by atoms with Crippen molar-refractivity contribution in [3.05, 3.63) is 29.8 Å². The third kappa shape index (κ3) is 6.18. The predicted octanol–water partition coefficient (Wildman–Crippen LogP) is 2.85. The summed E-state index contributed by atoms with van der Waals surface area (Å²) in [4.78, 5) is 26.5. The third-order valence-corrected chi connectivity index (χ3v) is 7.01. The van der Waals surface area contributed by atoms with E-state index in [0.29, 0.717) is 44.6 Å². The van der Waals surface area contributed by atoms with Crippen LogP contribution in [0.2, 0.25) is 0 Å². The average molecular weight is 440 g/mol. The molecule has 0 bridgehead atoms.